The number of aryl methyl sites for hydroxylation is 2. The highest BCUT2D eigenvalue weighted by Gasteiger charge is 2.31. The number of nitrogens with one attached hydrogen (secondary N) is 1. The maximum Gasteiger partial charge on any atom is 0.243 e. The zero-order valence-corrected chi connectivity index (χ0v) is 18.1. The van der Waals surface area contributed by atoms with Gasteiger partial charge < -0.3 is 5.32 Å². The first-order valence-corrected chi connectivity index (χ1v) is 11.4. The number of piperazine rings is 1. The van der Waals surface area contributed by atoms with Crippen molar-refractivity contribution in [3.63, 3.8) is 0 Å². The minimum atomic E-state index is -3.51. The van der Waals surface area contributed by atoms with Gasteiger partial charge in [0.05, 0.1) is 10.9 Å². The molecular weight excluding hydrogens is 386 g/mol. The molecule has 0 bridgehead atoms. The average molecular weight is 416 g/mol. The monoisotopic (exact) mass is 415 g/mol. The molecule has 0 aromatic heterocycles. The second kappa shape index (κ2) is 9.07. The molecule has 1 fully saturated rings. The van der Waals surface area contributed by atoms with Gasteiger partial charge in [0.2, 0.25) is 15.9 Å². The van der Waals surface area contributed by atoms with Crippen LogP contribution in [0, 0.1) is 13.8 Å². The number of sulfonamides is 1. The van der Waals surface area contributed by atoms with Gasteiger partial charge >= 0.3 is 0 Å². The van der Waals surface area contributed by atoms with Gasteiger partial charge in [-0.1, -0.05) is 36.4 Å². The zero-order valence-electron chi connectivity index (χ0n) is 17.3. The van der Waals surface area contributed by atoms with Crippen molar-refractivity contribution in [3.8, 4) is 0 Å². The van der Waals surface area contributed by atoms with Gasteiger partial charge in [0.1, 0.15) is 0 Å². The van der Waals surface area contributed by atoms with Crippen LogP contribution in [0.2, 0.25) is 0 Å². The van der Waals surface area contributed by atoms with Crippen molar-refractivity contribution in [2.45, 2.75) is 38.3 Å². The smallest absolute Gasteiger partial charge is 0.243 e. The number of rotatable bonds is 6. The molecule has 0 saturated carbocycles. The van der Waals surface area contributed by atoms with Crippen molar-refractivity contribution in [2.75, 3.05) is 26.2 Å². The van der Waals surface area contributed by atoms with Gasteiger partial charge in [0, 0.05) is 32.7 Å². The predicted molar refractivity (Wildman–Crippen MR) is 114 cm³/mol. The summed E-state index contributed by atoms with van der Waals surface area (Å²) in [6.07, 6.45) is 0. The van der Waals surface area contributed by atoms with Crippen LogP contribution in [0.1, 0.15) is 23.6 Å². The Morgan fingerprint density at radius 1 is 1.00 bits per heavy atom. The van der Waals surface area contributed by atoms with Crippen LogP contribution in [0.3, 0.4) is 0 Å². The van der Waals surface area contributed by atoms with Crippen molar-refractivity contribution < 1.29 is 13.2 Å². The zero-order chi connectivity index (χ0) is 21.0. The number of hydrogen-bond donors (Lipinski definition) is 1. The van der Waals surface area contributed by atoms with E-state index in [4.69, 9.17) is 0 Å². The number of carbonyl (C=O) groups is 1. The summed E-state index contributed by atoms with van der Waals surface area (Å²) >= 11 is 0. The maximum absolute atomic E-state index is 12.9. The molecule has 6 nitrogen and oxygen atoms in total. The second-order valence-electron chi connectivity index (χ2n) is 7.57. The minimum Gasteiger partial charge on any atom is -0.351 e. The molecule has 0 radical (unpaired) electrons. The largest absolute Gasteiger partial charge is 0.351 e. The van der Waals surface area contributed by atoms with Crippen molar-refractivity contribution in [3.05, 3.63) is 65.2 Å². The van der Waals surface area contributed by atoms with Gasteiger partial charge in [0.25, 0.3) is 0 Å². The number of carbonyl (C=O) groups excluding carboxylic acids is 1. The van der Waals surface area contributed by atoms with Gasteiger partial charge in [-0.3, -0.25) is 9.69 Å². The van der Waals surface area contributed by atoms with Gasteiger partial charge in [-0.15, -0.1) is 0 Å². The van der Waals surface area contributed by atoms with Crippen molar-refractivity contribution >= 4 is 15.9 Å². The van der Waals surface area contributed by atoms with E-state index < -0.39 is 10.0 Å². The van der Waals surface area contributed by atoms with E-state index in [1.807, 2.05) is 62.1 Å². The van der Waals surface area contributed by atoms with E-state index in [0.29, 0.717) is 37.6 Å². The first kappa shape index (κ1) is 21.5. The Labute approximate surface area is 173 Å². The summed E-state index contributed by atoms with van der Waals surface area (Å²) in [4.78, 5) is 14.9. The third kappa shape index (κ3) is 5.04. The Balaban J connectivity index is 1.56. The first-order chi connectivity index (χ1) is 13.8. The Morgan fingerprint density at radius 3 is 2.28 bits per heavy atom. The molecule has 0 unspecified atom stereocenters. The third-order valence-electron chi connectivity index (χ3n) is 5.63. The van der Waals surface area contributed by atoms with Crippen LogP contribution in [-0.2, 0) is 21.4 Å². The molecule has 1 heterocycles. The molecule has 156 valence electrons. The third-order valence-corrected chi connectivity index (χ3v) is 7.52. The van der Waals surface area contributed by atoms with Crippen molar-refractivity contribution in [1.82, 2.24) is 14.5 Å². The van der Waals surface area contributed by atoms with Crippen LogP contribution in [0.25, 0.3) is 0 Å². The summed E-state index contributed by atoms with van der Waals surface area (Å²) in [7, 11) is -3.51. The molecule has 1 aliphatic rings. The Kier molecular flexibility index (Phi) is 6.72. The Morgan fingerprint density at radius 2 is 1.66 bits per heavy atom. The average Bonchev–Trinajstić information content (AvgIpc) is 2.74. The molecule has 29 heavy (non-hydrogen) atoms. The highest BCUT2D eigenvalue weighted by atomic mass is 32.2. The molecule has 7 heteroatoms. The van der Waals surface area contributed by atoms with Crippen LogP contribution in [-0.4, -0.2) is 55.8 Å². The van der Waals surface area contributed by atoms with Gasteiger partial charge in [0.15, 0.2) is 0 Å². The lowest BCUT2D eigenvalue weighted by Gasteiger charge is -2.36. The number of hydrogen-bond acceptors (Lipinski definition) is 4. The molecule has 2 aromatic rings. The summed E-state index contributed by atoms with van der Waals surface area (Å²) in [6, 6.07) is 14.7. The first-order valence-electron chi connectivity index (χ1n) is 9.92. The fraction of sp³-hybridized carbons (Fsp3) is 0.409. The Bertz CT molecular complexity index is 953. The summed E-state index contributed by atoms with van der Waals surface area (Å²) in [6.45, 7) is 8.07. The molecule has 0 aliphatic carbocycles. The van der Waals surface area contributed by atoms with Crippen LogP contribution < -0.4 is 5.32 Å². The highest BCUT2D eigenvalue weighted by molar-refractivity contribution is 7.89. The number of amides is 1. The van der Waals surface area contributed by atoms with Gasteiger partial charge in [-0.05, 0) is 49.6 Å². The molecule has 1 N–H and O–H groups in total. The standard InChI is InChI=1S/C22H29N3O3S/c1-17-9-10-21(15-18(17)2)29(27,28)25-13-11-24(12-14-25)19(3)22(26)23-16-20-7-5-4-6-8-20/h4-10,15,19H,11-14,16H2,1-3H3,(H,23,26)/t19-/m1/s1. The van der Waals surface area contributed by atoms with E-state index in [-0.39, 0.29) is 11.9 Å². The predicted octanol–water partition coefficient (Wildman–Crippen LogP) is 2.31. The van der Waals surface area contributed by atoms with Gasteiger partial charge in [-0.25, -0.2) is 8.42 Å². The maximum atomic E-state index is 12.9. The number of nitrogens with zero attached hydrogens (tertiary/aromatic N) is 2. The summed E-state index contributed by atoms with van der Waals surface area (Å²) in [5.74, 6) is -0.0423. The summed E-state index contributed by atoms with van der Waals surface area (Å²) in [5, 5.41) is 2.96. The van der Waals surface area contributed by atoms with Crippen LogP contribution in [0.5, 0.6) is 0 Å². The molecule has 1 saturated heterocycles. The quantitative estimate of drug-likeness (QED) is 0.786. The van der Waals surface area contributed by atoms with Crippen LogP contribution >= 0.6 is 0 Å². The van der Waals surface area contributed by atoms with Crippen LogP contribution in [0.15, 0.2) is 53.4 Å². The lowest BCUT2D eigenvalue weighted by atomic mass is 10.1. The molecule has 3 rings (SSSR count). The SMILES string of the molecule is Cc1ccc(S(=O)(=O)N2CCN([C@H](C)C(=O)NCc3ccccc3)CC2)cc1C. The van der Waals surface area contributed by atoms with E-state index in [1.54, 1.807) is 12.1 Å². The van der Waals surface area contributed by atoms with E-state index >= 15 is 0 Å². The molecule has 0 spiro atoms. The van der Waals surface area contributed by atoms with E-state index in [0.717, 1.165) is 16.7 Å². The van der Waals surface area contributed by atoms with Crippen LogP contribution in [0.4, 0.5) is 0 Å². The second-order valence-corrected chi connectivity index (χ2v) is 9.50. The number of benzene rings is 2. The normalized spacial score (nSPS) is 17.1. The van der Waals surface area contributed by atoms with Gasteiger partial charge in [-0.2, -0.15) is 4.31 Å². The van der Waals surface area contributed by atoms with Crippen molar-refractivity contribution in [2.24, 2.45) is 0 Å². The fourth-order valence-corrected chi connectivity index (χ4v) is 4.96. The Hall–Kier alpha value is -2.22. The topological polar surface area (TPSA) is 69.7 Å². The fourth-order valence-electron chi connectivity index (χ4n) is 3.45. The molecule has 1 amide bonds. The summed E-state index contributed by atoms with van der Waals surface area (Å²) in [5.41, 5.74) is 3.09. The highest BCUT2D eigenvalue weighted by Crippen LogP contribution is 2.21. The van der Waals surface area contributed by atoms with E-state index in [2.05, 4.69) is 5.32 Å². The molecule has 2 aromatic carbocycles. The minimum absolute atomic E-state index is 0.0423. The van der Waals surface area contributed by atoms with E-state index in [9.17, 15) is 13.2 Å². The lowest BCUT2D eigenvalue weighted by molar-refractivity contribution is -0.126. The van der Waals surface area contributed by atoms with E-state index in [1.165, 1.54) is 4.31 Å². The molecule has 1 aliphatic heterocycles. The van der Waals surface area contributed by atoms with Crippen molar-refractivity contribution in [1.29, 1.82) is 0 Å². The molecular formula is C22H29N3O3S. The summed E-state index contributed by atoms with van der Waals surface area (Å²) < 4.78 is 27.4. The lowest BCUT2D eigenvalue weighted by Crippen LogP contribution is -2.54. The molecule has 1 atom stereocenters.